The van der Waals surface area contributed by atoms with E-state index in [0.29, 0.717) is 11.1 Å². The molecule has 0 aliphatic carbocycles. The highest BCUT2D eigenvalue weighted by atomic mass is 16.5. The van der Waals surface area contributed by atoms with Gasteiger partial charge in [0.15, 0.2) is 6.10 Å². The first-order valence-electron chi connectivity index (χ1n) is 9.17. The number of benzene rings is 2. The second-order valence-corrected chi connectivity index (χ2v) is 6.79. The van der Waals surface area contributed by atoms with Crippen molar-refractivity contribution in [2.45, 2.75) is 33.8 Å². The van der Waals surface area contributed by atoms with Gasteiger partial charge in [-0.1, -0.05) is 29.8 Å². The molecule has 0 saturated heterocycles. The Morgan fingerprint density at radius 1 is 1.00 bits per heavy atom. The molecule has 2 aromatic carbocycles. The number of anilines is 1. The second kappa shape index (κ2) is 9.68. The first-order valence-corrected chi connectivity index (χ1v) is 9.17. The number of rotatable bonds is 6. The largest absolute Gasteiger partial charge is 0.465 e. The quantitative estimate of drug-likeness (QED) is 0.591. The zero-order valence-corrected chi connectivity index (χ0v) is 17.2. The topological polar surface area (TPSA) is 81.7 Å². The third-order valence-electron chi connectivity index (χ3n) is 4.33. The standard InChI is InChI=1S/C23H25NO5/c1-14-12-15(2)21(16(3)13-14)24-22(26)17(4)29-20(25)11-8-18-6-9-19(10-7-18)23(27)28-5/h6-13,17H,1-5H3,(H,24,26)/b11-8+/t17-/m1/s1. The smallest absolute Gasteiger partial charge is 0.337 e. The van der Waals surface area contributed by atoms with Crippen molar-refractivity contribution in [1.82, 2.24) is 0 Å². The number of aryl methyl sites for hydroxylation is 3. The maximum absolute atomic E-state index is 12.4. The number of hydrogen-bond acceptors (Lipinski definition) is 5. The van der Waals surface area contributed by atoms with Gasteiger partial charge in [0.1, 0.15) is 0 Å². The van der Waals surface area contributed by atoms with Gasteiger partial charge in [-0.25, -0.2) is 9.59 Å². The molecule has 1 atom stereocenters. The molecule has 2 rings (SSSR count). The minimum atomic E-state index is -0.950. The van der Waals surface area contributed by atoms with Crippen LogP contribution in [0, 0.1) is 20.8 Å². The molecule has 6 heteroatoms. The van der Waals surface area contributed by atoms with Crippen LogP contribution >= 0.6 is 0 Å². The van der Waals surface area contributed by atoms with Crippen LogP contribution in [0.2, 0.25) is 0 Å². The third kappa shape index (κ3) is 6.04. The number of methoxy groups -OCH3 is 1. The molecular weight excluding hydrogens is 370 g/mol. The highest BCUT2D eigenvalue weighted by molar-refractivity contribution is 5.97. The summed E-state index contributed by atoms with van der Waals surface area (Å²) in [6, 6.07) is 10.5. The molecule has 0 aromatic heterocycles. The first-order chi connectivity index (χ1) is 13.7. The number of amides is 1. The molecule has 0 unspecified atom stereocenters. The van der Waals surface area contributed by atoms with Crippen molar-refractivity contribution in [3.63, 3.8) is 0 Å². The fraction of sp³-hybridized carbons (Fsp3) is 0.261. The van der Waals surface area contributed by atoms with Gasteiger partial charge >= 0.3 is 11.9 Å². The molecule has 0 radical (unpaired) electrons. The Morgan fingerprint density at radius 2 is 1.59 bits per heavy atom. The van der Waals surface area contributed by atoms with Crippen molar-refractivity contribution in [3.8, 4) is 0 Å². The Labute approximate surface area is 170 Å². The molecule has 0 heterocycles. The van der Waals surface area contributed by atoms with E-state index in [0.717, 1.165) is 22.4 Å². The van der Waals surface area contributed by atoms with Crippen LogP contribution < -0.4 is 5.32 Å². The van der Waals surface area contributed by atoms with E-state index in [-0.39, 0.29) is 0 Å². The molecule has 29 heavy (non-hydrogen) atoms. The van der Waals surface area contributed by atoms with Crippen molar-refractivity contribution < 1.29 is 23.9 Å². The van der Waals surface area contributed by atoms with Crippen molar-refractivity contribution >= 4 is 29.6 Å². The second-order valence-electron chi connectivity index (χ2n) is 6.79. The molecule has 0 saturated carbocycles. The zero-order valence-electron chi connectivity index (χ0n) is 17.2. The van der Waals surface area contributed by atoms with Crippen LogP contribution in [-0.4, -0.2) is 31.1 Å². The minimum Gasteiger partial charge on any atom is -0.465 e. The highest BCUT2D eigenvalue weighted by Gasteiger charge is 2.18. The van der Waals surface area contributed by atoms with E-state index in [4.69, 9.17) is 4.74 Å². The Kier molecular flexibility index (Phi) is 7.31. The van der Waals surface area contributed by atoms with Crippen LogP contribution in [0.5, 0.6) is 0 Å². The Bertz CT molecular complexity index is 921. The van der Waals surface area contributed by atoms with Gasteiger partial charge in [0.2, 0.25) is 0 Å². The SMILES string of the molecule is COC(=O)c1ccc(/C=C/C(=O)O[C@H](C)C(=O)Nc2c(C)cc(C)cc2C)cc1. The number of hydrogen-bond donors (Lipinski definition) is 1. The predicted octanol–water partition coefficient (Wildman–Crippen LogP) is 3.98. The normalized spacial score (nSPS) is 11.8. The van der Waals surface area contributed by atoms with E-state index in [9.17, 15) is 14.4 Å². The van der Waals surface area contributed by atoms with Gasteiger partial charge < -0.3 is 14.8 Å². The molecule has 6 nitrogen and oxygen atoms in total. The van der Waals surface area contributed by atoms with E-state index >= 15 is 0 Å². The molecular formula is C23H25NO5. The van der Waals surface area contributed by atoms with Gasteiger partial charge in [0.05, 0.1) is 12.7 Å². The molecule has 0 aliphatic rings. The lowest BCUT2D eigenvalue weighted by Gasteiger charge is -2.16. The molecule has 2 aromatic rings. The Hall–Kier alpha value is -3.41. The highest BCUT2D eigenvalue weighted by Crippen LogP contribution is 2.22. The molecule has 0 fully saturated rings. The molecule has 1 amide bonds. The average Bonchev–Trinajstić information content (AvgIpc) is 2.68. The number of carbonyl (C=O) groups excluding carboxylic acids is 3. The van der Waals surface area contributed by atoms with Crippen LogP contribution in [-0.2, 0) is 19.1 Å². The van der Waals surface area contributed by atoms with Crippen molar-refractivity contribution in [2.75, 3.05) is 12.4 Å². The monoisotopic (exact) mass is 395 g/mol. The molecule has 152 valence electrons. The lowest BCUT2D eigenvalue weighted by Crippen LogP contribution is -2.30. The molecule has 0 aliphatic heterocycles. The van der Waals surface area contributed by atoms with Crippen LogP contribution in [0.15, 0.2) is 42.5 Å². The maximum Gasteiger partial charge on any atom is 0.337 e. The Balaban J connectivity index is 1.95. The summed E-state index contributed by atoms with van der Waals surface area (Å²) in [6.07, 6.45) is 1.83. The van der Waals surface area contributed by atoms with Gasteiger partial charge in [0, 0.05) is 11.8 Å². The summed E-state index contributed by atoms with van der Waals surface area (Å²) in [5, 5.41) is 2.82. The van der Waals surface area contributed by atoms with Crippen molar-refractivity contribution in [2.24, 2.45) is 0 Å². The summed E-state index contributed by atoms with van der Waals surface area (Å²) in [5.41, 5.74) is 4.86. The Morgan fingerprint density at radius 3 is 2.14 bits per heavy atom. The number of esters is 2. The van der Waals surface area contributed by atoms with Crippen LogP contribution in [0.3, 0.4) is 0 Å². The van der Waals surface area contributed by atoms with Crippen molar-refractivity contribution in [3.05, 3.63) is 70.3 Å². The fourth-order valence-electron chi connectivity index (χ4n) is 2.88. The van der Waals surface area contributed by atoms with E-state index in [1.165, 1.54) is 20.1 Å². The number of carbonyl (C=O) groups is 3. The lowest BCUT2D eigenvalue weighted by atomic mass is 10.0. The molecule has 1 N–H and O–H groups in total. The van der Waals surface area contributed by atoms with E-state index in [1.54, 1.807) is 30.3 Å². The average molecular weight is 395 g/mol. The van der Waals surface area contributed by atoms with E-state index in [1.807, 2.05) is 32.9 Å². The minimum absolute atomic E-state index is 0.399. The summed E-state index contributed by atoms with van der Waals surface area (Å²) in [7, 11) is 1.31. The molecule has 0 bridgehead atoms. The third-order valence-corrected chi connectivity index (χ3v) is 4.33. The summed E-state index contributed by atoms with van der Waals surface area (Å²) in [4.78, 5) is 35.8. The van der Waals surface area contributed by atoms with Crippen LogP contribution in [0.1, 0.15) is 39.5 Å². The zero-order chi connectivity index (χ0) is 21.6. The van der Waals surface area contributed by atoms with Crippen molar-refractivity contribution in [1.29, 1.82) is 0 Å². The number of ether oxygens (including phenoxy) is 2. The van der Waals surface area contributed by atoms with Crippen LogP contribution in [0.4, 0.5) is 5.69 Å². The first kappa shape index (κ1) is 21.9. The van der Waals surface area contributed by atoms with Gasteiger partial charge in [-0.2, -0.15) is 0 Å². The number of nitrogens with one attached hydrogen (secondary N) is 1. The summed E-state index contributed by atoms with van der Waals surface area (Å²) in [5.74, 6) is -1.47. The summed E-state index contributed by atoms with van der Waals surface area (Å²) in [6.45, 7) is 7.34. The summed E-state index contributed by atoms with van der Waals surface area (Å²) >= 11 is 0. The fourth-order valence-corrected chi connectivity index (χ4v) is 2.88. The maximum atomic E-state index is 12.4. The van der Waals surface area contributed by atoms with Crippen LogP contribution in [0.25, 0.3) is 6.08 Å². The lowest BCUT2D eigenvalue weighted by molar-refractivity contribution is -0.148. The predicted molar refractivity (Wildman–Crippen MR) is 112 cm³/mol. The van der Waals surface area contributed by atoms with Gasteiger partial charge in [-0.15, -0.1) is 0 Å². The van der Waals surface area contributed by atoms with E-state index in [2.05, 4.69) is 10.1 Å². The van der Waals surface area contributed by atoms with Gasteiger partial charge in [0.25, 0.3) is 5.91 Å². The molecule has 0 spiro atoms. The summed E-state index contributed by atoms with van der Waals surface area (Å²) < 4.78 is 9.81. The van der Waals surface area contributed by atoms with Gasteiger partial charge in [-0.05, 0) is 62.6 Å². The van der Waals surface area contributed by atoms with Gasteiger partial charge in [-0.3, -0.25) is 4.79 Å². The van der Waals surface area contributed by atoms with E-state index < -0.39 is 23.9 Å².